The fourth-order valence-electron chi connectivity index (χ4n) is 7.86. The second kappa shape index (κ2) is 16.1. The molecule has 0 radical (unpaired) electrons. The Morgan fingerprint density at radius 1 is 0.754 bits per heavy atom. The van der Waals surface area contributed by atoms with E-state index in [1.807, 2.05) is 61.0 Å². The van der Waals surface area contributed by atoms with E-state index in [1.54, 1.807) is 0 Å². The Bertz CT molecular complexity index is 2400. The number of tetrazole rings is 1. The quantitative estimate of drug-likeness (QED) is 0.0689. The summed E-state index contributed by atoms with van der Waals surface area (Å²) < 4.78 is 7.75. The van der Waals surface area contributed by atoms with Crippen LogP contribution in [0.5, 0.6) is 0 Å². The van der Waals surface area contributed by atoms with Crippen LogP contribution in [0, 0.1) is 6.92 Å². The monoisotopic (exact) mass is 750 g/mol. The number of carbonyl (C=O) groups is 1. The number of benzene rings is 6. The highest BCUT2D eigenvalue weighted by atomic mass is 16.5. The molecule has 2 heterocycles. The number of rotatable bonds is 13. The maximum Gasteiger partial charge on any atom is 0.337 e. The van der Waals surface area contributed by atoms with Crippen LogP contribution in [-0.4, -0.2) is 38.3 Å². The summed E-state index contributed by atoms with van der Waals surface area (Å²) in [6.45, 7) is 6.93. The number of fused-ring (bicyclic) bond motifs is 1. The summed E-state index contributed by atoms with van der Waals surface area (Å²) in [4.78, 5) is 13.6. The van der Waals surface area contributed by atoms with Crippen LogP contribution in [-0.2, 0) is 21.6 Å². The summed E-state index contributed by atoms with van der Waals surface area (Å²) >= 11 is 0. The molecule has 1 aromatic heterocycles. The Labute approximate surface area is 334 Å². The van der Waals surface area contributed by atoms with E-state index in [2.05, 4.69) is 144 Å². The summed E-state index contributed by atoms with van der Waals surface area (Å²) in [6.07, 6.45) is 3.84. The average Bonchev–Trinajstić information content (AvgIpc) is 3.75. The Balaban J connectivity index is 1.14. The molecule has 8 heteroatoms. The predicted molar refractivity (Wildman–Crippen MR) is 227 cm³/mol. The van der Waals surface area contributed by atoms with Gasteiger partial charge in [-0.15, -0.1) is 5.10 Å². The van der Waals surface area contributed by atoms with E-state index >= 15 is 0 Å². The zero-order valence-electron chi connectivity index (χ0n) is 32.5. The smallest absolute Gasteiger partial charge is 0.337 e. The number of aromatic nitrogens is 4. The molecule has 57 heavy (non-hydrogen) atoms. The first-order valence-electron chi connectivity index (χ1n) is 19.6. The number of nitrogens with zero attached hydrogens (tertiary/aromatic N) is 4. The summed E-state index contributed by atoms with van der Waals surface area (Å²) in [6, 6.07) is 54.2. The van der Waals surface area contributed by atoms with Gasteiger partial charge in [0.25, 0.3) is 0 Å². The lowest BCUT2D eigenvalue weighted by molar-refractivity contribution is -0.147. The molecule has 1 aliphatic heterocycles. The second-order valence-corrected chi connectivity index (χ2v) is 14.7. The van der Waals surface area contributed by atoms with Gasteiger partial charge in [-0.2, -0.15) is 0 Å². The van der Waals surface area contributed by atoms with Gasteiger partial charge in [0.1, 0.15) is 5.54 Å². The Hall–Kier alpha value is -6.80. The molecule has 0 bridgehead atoms. The highest BCUT2D eigenvalue weighted by Crippen LogP contribution is 2.43. The van der Waals surface area contributed by atoms with Crippen molar-refractivity contribution in [1.29, 1.82) is 0 Å². The molecule has 1 atom stereocenters. The van der Waals surface area contributed by atoms with Crippen LogP contribution in [0.25, 0.3) is 28.6 Å². The van der Waals surface area contributed by atoms with Gasteiger partial charge in [0, 0.05) is 23.5 Å². The lowest BCUT2D eigenvalue weighted by Gasteiger charge is -2.37. The molecule has 7 aromatic rings. The molecule has 0 fully saturated rings. The van der Waals surface area contributed by atoms with Gasteiger partial charge in [-0.1, -0.05) is 171 Å². The fourth-order valence-corrected chi connectivity index (χ4v) is 7.86. The van der Waals surface area contributed by atoms with Gasteiger partial charge < -0.3 is 15.4 Å². The SMILES string of the molecule is CCCCOC(=O)C1(C)Nc2c(C)cccc2C=C1NCc1ccc(-c2ccccc2-c2nnnn2C(c2ccccc2)(c2ccccc2)c2ccccc2)cc1. The number of para-hydroxylation sites is 1. The minimum Gasteiger partial charge on any atom is -0.464 e. The summed E-state index contributed by atoms with van der Waals surface area (Å²) in [5.74, 6) is 0.346. The van der Waals surface area contributed by atoms with Crippen molar-refractivity contribution in [2.24, 2.45) is 0 Å². The molecule has 0 amide bonds. The van der Waals surface area contributed by atoms with Crippen LogP contribution >= 0.6 is 0 Å². The molecule has 284 valence electrons. The maximum atomic E-state index is 13.6. The molecule has 0 aliphatic carbocycles. The van der Waals surface area contributed by atoms with E-state index in [0.29, 0.717) is 19.0 Å². The number of esters is 1. The standard InChI is InChI=1S/C49H46N6O2/c1-4-5-32-57-47(56)48(3)44(33-38-19-17-18-35(2)45(38)51-48)50-34-36-28-30-37(31-29-36)42-26-15-16-27-43(42)46-52-53-54-55(46)49(39-20-9-6-10-21-39,40-22-11-7-12-23-40)41-24-13-8-14-25-41/h6-31,33,50-51H,4-5,32,34H2,1-3H3. The number of unbranched alkanes of at least 4 members (excludes halogenated alkanes) is 1. The zero-order chi connectivity index (χ0) is 39.2. The van der Waals surface area contributed by atoms with Crippen LogP contribution < -0.4 is 10.6 Å². The first kappa shape index (κ1) is 37.1. The molecule has 6 aromatic carbocycles. The highest BCUT2D eigenvalue weighted by Gasteiger charge is 2.43. The van der Waals surface area contributed by atoms with Gasteiger partial charge in [0.05, 0.1) is 6.61 Å². The summed E-state index contributed by atoms with van der Waals surface area (Å²) in [5.41, 5.74) is 9.00. The van der Waals surface area contributed by atoms with Crippen molar-refractivity contribution in [2.45, 2.75) is 51.2 Å². The van der Waals surface area contributed by atoms with Crippen molar-refractivity contribution in [3.63, 3.8) is 0 Å². The summed E-state index contributed by atoms with van der Waals surface area (Å²) in [7, 11) is 0. The maximum absolute atomic E-state index is 13.6. The van der Waals surface area contributed by atoms with Crippen LogP contribution in [0.15, 0.2) is 163 Å². The van der Waals surface area contributed by atoms with Crippen molar-refractivity contribution < 1.29 is 9.53 Å². The van der Waals surface area contributed by atoms with E-state index in [1.165, 1.54) is 0 Å². The minimum absolute atomic E-state index is 0.297. The number of carbonyl (C=O) groups excluding carboxylic acids is 1. The van der Waals surface area contributed by atoms with Crippen molar-refractivity contribution in [3.8, 4) is 22.5 Å². The largest absolute Gasteiger partial charge is 0.464 e. The van der Waals surface area contributed by atoms with E-state index in [4.69, 9.17) is 15.0 Å². The summed E-state index contributed by atoms with van der Waals surface area (Å²) in [5, 5.41) is 21.0. The first-order valence-corrected chi connectivity index (χ1v) is 19.6. The molecular formula is C49H46N6O2. The molecule has 0 saturated heterocycles. The number of hydrogen-bond donors (Lipinski definition) is 2. The van der Waals surface area contributed by atoms with Crippen LogP contribution in [0.3, 0.4) is 0 Å². The molecular weight excluding hydrogens is 705 g/mol. The Kier molecular flexibility index (Phi) is 10.5. The molecule has 8 nitrogen and oxygen atoms in total. The van der Waals surface area contributed by atoms with E-state index in [-0.39, 0.29) is 5.97 Å². The van der Waals surface area contributed by atoms with E-state index in [0.717, 1.165) is 74.3 Å². The number of aryl methyl sites for hydroxylation is 1. The Morgan fingerprint density at radius 3 is 1.96 bits per heavy atom. The molecule has 1 aliphatic rings. The Morgan fingerprint density at radius 2 is 1.35 bits per heavy atom. The van der Waals surface area contributed by atoms with Gasteiger partial charge in [-0.25, -0.2) is 9.48 Å². The van der Waals surface area contributed by atoms with Gasteiger partial charge in [0.2, 0.25) is 0 Å². The number of anilines is 1. The van der Waals surface area contributed by atoms with Crippen LogP contribution in [0.1, 0.15) is 60.1 Å². The first-order chi connectivity index (χ1) is 27.9. The minimum atomic E-state index is -1.07. The lowest BCUT2D eigenvalue weighted by Crippen LogP contribution is -2.51. The molecule has 8 rings (SSSR count). The second-order valence-electron chi connectivity index (χ2n) is 14.7. The van der Waals surface area contributed by atoms with E-state index < -0.39 is 11.1 Å². The topological polar surface area (TPSA) is 94.0 Å². The molecule has 0 saturated carbocycles. The normalized spacial score (nSPS) is 14.9. The van der Waals surface area contributed by atoms with Crippen molar-refractivity contribution >= 4 is 17.7 Å². The van der Waals surface area contributed by atoms with Crippen LogP contribution in [0.4, 0.5) is 5.69 Å². The molecule has 2 N–H and O–H groups in total. The number of hydrogen-bond acceptors (Lipinski definition) is 7. The average molecular weight is 751 g/mol. The van der Waals surface area contributed by atoms with Gasteiger partial charge in [-0.3, -0.25) is 0 Å². The predicted octanol–water partition coefficient (Wildman–Crippen LogP) is 9.81. The van der Waals surface area contributed by atoms with Crippen molar-refractivity contribution in [2.75, 3.05) is 11.9 Å². The molecule has 1 unspecified atom stereocenters. The van der Waals surface area contributed by atoms with Gasteiger partial charge in [0.15, 0.2) is 11.4 Å². The fraction of sp³-hybridized carbons (Fsp3) is 0.184. The van der Waals surface area contributed by atoms with E-state index in [9.17, 15) is 4.79 Å². The lowest BCUT2D eigenvalue weighted by atomic mass is 9.77. The third kappa shape index (κ3) is 6.99. The van der Waals surface area contributed by atoms with Crippen molar-refractivity contribution in [3.05, 3.63) is 197 Å². The number of ether oxygens (including phenoxy) is 1. The van der Waals surface area contributed by atoms with Gasteiger partial charge in [-0.05, 0) is 81.3 Å². The zero-order valence-corrected chi connectivity index (χ0v) is 32.5. The highest BCUT2D eigenvalue weighted by molar-refractivity contribution is 5.94. The van der Waals surface area contributed by atoms with Gasteiger partial charge >= 0.3 is 5.97 Å². The molecule has 0 spiro atoms. The van der Waals surface area contributed by atoms with Crippen molar-refractivity contribution in [1.82, 2.24) is 25.5 Å². The third-order valence-corrected chi connectivity index (χ3v) is 10.9. The van der Waals surface area contributed by atoms with Crippen LogP contribution in [0.2, 0.25) is 0 Å². The third-order valence-electron chi connectivity index (χ3n) is 10.9. The number of nitrogens with one attached hydrogen (secondary N) is 2.